The first-order valence-electron chi connectivity index (χ1n) is 10.1. The van der Waals surface area contributed by atoms with E-state index >= 15 is 0 Å². The number of para-hydroxylation sites is 2. The average Bonchev–Trinajstić information content (AvgIpc) is 3.45. The van der Waals surface area contributed by atoms with Crippen LogP contribution in [0.15, 0.2) is 83.4 Å². The molecule has 8 nitrogen and oxygen atoms in total. The van der Waals surface area contributed by atoms with Crippen LogP contribution in [0.3, 0.4) is 0 Å². The minimum atomic E-state index is -0.602. The van der Waals surface area contributed by atoms with Crippen LogP contribution in [0.2, 0.25) is 0 Å². The summed E-state index contributed by atoms with van der Waals surface area (Å²) >= 11 is 0. The summed E-state index contributed by atoms with van der Waals surface area (Å²) in [5, 5.41) is 20.4. The molecular formula is C24H18N6O2. The Bertz CT molecular complexity index is 1560. The zero-order valence-electron chi connectivity index (χ0n) is 16.8. The largest absolute Gasteiger partial charge is 0.509 e. The fourth-order valence-electron chi connectivity index (χ4n) is 4.33. The Hall–Kier alpha value is -4.59. The molecule has 0 spiro atoms. The Morgan fingerprint density at radius 1 is 0.875 bits per heavy atom. The van der Waals surface area contributed by atoms with Crippen LogP contribution >= 0.6 is 0 Å². The molecule has 0 bridgehead atoms. The molecule has 0 amide bonds. The first-order chi connectivity index (χ1) is 15.6. The predicted molar refractivity (Wildman–Crippen MR) is 124 cm³/mol. The molecule has 2 aromatic heterocycles. The Kier molecular flexibility index (Phi) is 3.82. The van der Waals surface area contributed by atoms with Crippen LogP contribution in [0.25, 0.3) is 27.6 Å². The van der Waals surface area contributed by atoms with Crippen LogP contribution in [0.4, 0.5) is 5.69 Å². The Balaban J connectivity index is 1.55. The van der Waals surface area contributed by atoms with E-state index in [1.807, 2.05) is 60.7 Å². The molecule has 6 rings (SSSR count). The second-order valence-electron chi connectivity index (χ2n) is 7.70. The van der Waals surface area contributed by atoms with Gasteiger partial charge in [-0.15, -0.1) is 0 Å². The molecular weight excluding hydrogens is 404 g/mol. The van der Waals surface area contributed by atoms with Crippen molar-refractivity contribution in [1.29, 1.82) is 5.41 Å². The Morgan fingerprint density at radius 3 is 2.44 bits per heavy atom. The summed E-state index contributed by atoms with van der Waals surface area (Å²) in [5.74, 6) is 0.601. The van der Waals surface area contributed by atoms with Gasteiger partial charge in [-0.1, -0.05) is 42.5 Å². The first kappa shape index (κ1) is 18.2. The van der Waals surface area contributed by atoms with Gasteiger partial charge in [0.2, 0.25) is 0 Å². The number of aromatic amines is 3. The number of imidazole rings is 2. The van der Waals surface area contributed by atoms with Gasteiger partial charge in [-0.05, 0) is 35.9 Å². The third-order valence-corrected chi connectivity index (χ3v) is 5.77. The maximum atomic E-state index is 11.7. The number of fused-ring (bicyclic) bond motifs is 2. The number of nitrogens with zero attached hydrogens (tertiary/aromatic N) is 2. The van der Waals surface area contributed by atoms with Crippen molar-refractivity contribution in [2.45, 2.75) is 6.04 Å². The highest BCUT2D eigenvalue weighted by atomic mass is 16.3. The summed E-state index contributed by atoms with van der Waals surface area (Å²) in [6.45, 7) is 0. The number of aromatic nitrogens is 4. The molecule has 0 aliphatic carbocycles. The number of rotatable bonds is 3. The van der Waals surface area contributed by atoms with Gasteiger partial charge in [0.15, 0.2) is 0 Å². The molecule has 0 radical (unpaired) electrons. The van der Waals surface area contributed by atoms with E-state index in [4.69, 9.17) is 5.41 Å². The quantitative estimate of drug-likeness (QED) is 0.298. The number of amidine groups is 1. The maximum Gasteiger partial charge on any atom is 0.323 e. The molecule has 0 saturated carbocycles. The summed E-state index contributed by atoms with van der Waals surface area (Å²) in [6.07, 6.45) is 0. The highest BCUT2D eigenvalue weighted by Gasteiger charge is 2.40. The molecule has 3 aromatic carbocycles. The van der Waals surface area contributed by atoms with Crippen molar-refractivity contribution in [1.82, 2.24) is 19.9 Å². The number of benzene rings is 3. The van der Waals surface area contributed by atoms with Gasteiger partial charge in [0.05, 0.1) is 27.6 Å². The van der Waals surface area contributed by atoms with E-state index in [1.165, 1.54) is 0 Å². The van der Waals surface area contributed by atoms with Crippen molar-refractivity contribution < 1.29 is 5.11 Å². The topological polar surface area (TPSA) is 125 Å². The van der Waals surface area contributed by atoms with Crippen LogP contribution in [0.5, 0.6) is 0 Å². The predicted octanol–water partition coefficient (Wildman–Crippen LogP) is 4.24. The van der Waals surface area contributed by atoms with Crippen LogP contribution in [-0.2, 0) is 0 Å². The number of hydrogen-bond donors (Lipinski definition) is 5. The SMILES string of the molecule is N=C1C(c2nc3ccccc3[nH]2)=C(O)C(c2ccccc2)N1c1ccc2[nH]c(=O)[nH]c2c1. The third kappa shape index (κ3) is 2.66. The normalized spacial score (nSPS) is 16.6. The lowest BCUT2D eigenvalue weighted by molar-refractivity contribution is 0.379. The number of aliphatic hydroxyl groups is 1. The molecule has 5 N–H and O–H groups in total. The molecule has 1 unspecified atom stereocenters. The summed E-state index contributed by atoms with van der Waals surface area (Å²) in [6, 6.07) is 21.9. The zero-order chi connectivity index (χ0) is 21.8. The summed E-state index contributed by atoms with van der Waals surface area (Å²) < 4.78 is 0. The highest BCUT2D eigenvalue weighted by molar-refractivity contribution is 6.31. The molecule has 1 aliphatic rings. The monoisotopic (exact) mass is 422 g/mol. The molecule has 3 heterocycles. The van der Waals surface area contributed by atoms with Crippen LogP contribution in [-0.4, -0.2) is 30.9 Å². The smallest absolute Gasteiger partial charge is 0.323 e. The van der Waals surface area contributed by atoms with Crippen LogP contribution in [0.1, 0.15) is 17.4 Å². The summed E-state index contributed by atoms with van der Waals surface area (Å²) in [4.78, 5) is 26.8. The van der Waals surface area contributed by atoms with Crippen LogP contribution < -0.4 is 10.6 Å². The van der Waals surface area contributed by atoms with E-state index in [9.17, 15) is 9.90 Å². The first-order valence-corrected chi connectivity index (χ1v) is 10.1. The number of hydrogen-bond acceptors (Lipinski definition) is 4. The van der Waals surface area contributed by atoms with Crippen molar-refractivity contribution in [3.05, 3.63) is 100 Å². The van der Waals surface area contributed by atoms with E-state index in [-0.39, 0.29) is 17.3 Å². The van der Waals surface area contributed by atoms with Gasteiger partial charge in [-0.3, -0.25) is 5.41 Å². The maximum absolute atomic E-state index is 11.7. The van der Waals surface area contributed by atoms with Crippen molar-refractivity contribution in [2.75, 3.05) is 4.90 Å². The lowest BCUT2D eigenvalue weighted by atomic mass is 10.0. The van der Waals surface area contributed by atoms with Gasteiger partial charge in [0.1, 0.15) is 23.5 Å². The number of nitrogens with one attached hydrogen (secondary N) is 4. The van der Waals surface area contributed by atoms with E-state index in [0.717, 1.165) is 16.6 Å². The van der Waals surface area contributed by atoms with Gasteiger partial charge >= 0.3 is 5.69 Å². The van der Waals surface area contributed by atoms with Crippen molar-refractivity contribution >= 4 is 39.2 Å². The Morgan fingerprint density at radius 2 is 1.62 bits per heavy atom. The molecule has 156 valence electrons. The van der Waals surface area contributed by atoms with Gasteiger partial charge < -0.3 is 25.0 Å². The van der Waals surface area contributed by atoms with Gasteiger partial charge in [0.25, 0.3) is 0 Å². The molecule has 1 atom stereocenters. The lowest BCUT2D eigenvalue weighted by Crippen LogP contribution is -2.29. The van der Waals surface area contributed by atoms with E-state index < -0.39 is 6.04 Å². The molecule has 32 heavy (non-hydrogen) atoms. The summed E-state index contributed by atoms with van der Waals surface area (Å²) in [7, 11) is 0. The highest BCUT2D eigenvalue weighted by Crippen LogP contribution is 2.43. The van der Waals surface area contributed by atoms with Crippen molar-refractivity contribution in [3.8, 4) is 0 Å². The molecule has 5 aromatic rings. The Labute approximate surface area is 181 Å². The van der Waals surface area contributed by atoms with E-state index in [2.05, 4.69) is 19.9 Å². The standard InChI is InChI=1S/C24H18N6O2/c25-22-19(23-26-15-8-4-5-9-16(15)27-23)21(31)20(13-6-2-1-3-7-13)30(22)14-10-11-17-18(12-14)29-24(32)28-17/h1-12,20,25,31H,(H,26,27)(H2,28,29,32). The minimum Gasteiger partial charge on any atom is -0.509 e. The molecule has 1 aliphatic heterocycles. The van der Waals surface area contributed by atoms with Crippen LogP contribution in [0, 0.1) is 5.41 Å². The lowest BCUT2D eigenvalue weighted by Gasteiger charge is -2.27. The van der Waals surface area contributed by atoms with E-state index in [1.54, 1.807) is 17.0 Å². The number of H-pyrrole nitrogens is 3. The van der Waals surface area contributed by atoms with Gasteiger partial charge in [0, 0.05) is 5.69 Å². The molecule has 0 saturated heterocycles. The van der Waals surface area contributed by atoms with Crippen molar-refractivity contribution in [3.63, 3.8) is 0 Å². The number of anilines is 1. The summed E-state index contributed by atoms with van der Waals surface area (Å²) in [5.41, 5.74) is 4.45. The fraction of sp³-hybridized carbons (Fsp3) is 0.0417. The second-order valence-corrected chi connectivity index (χ2v) is 7.70. The van der Waals surface area contributed by atoms with Gasteiger partial charge in [-0.25, -0.2) is 9.78 Å². The molecule has 0 fully saturated rings. The van der Waals surface area contributed by atoms with Crippen molar-refractivity contribution in [2.24, 2.45) is 0 Å². The zero-order valence-corrected chi connectivity index (χ0v) is 16.8. The average molecular weight is 422 g/mol. The third-order valence-electron chi connectivity index (χ3n) is 5.77. The number of aliphatic hydroxyl groups excluding tert-OH is 1. The van der Waals surface area contributed by atoms with Gasteiger partial charge in [-0.2, -0.15) is 0 Å². The molecule has 8 heteroatoms. The van der Waals surface area contributed by atoms with E-state index in [0.29, 0.717) is 28.1 Å². The second kappa shape index (κ2) is 6.71. The fourth-order valence-corrected chi connectivity index (χ4v) is 4.33. The minimum absolute atomic E-state index is 0.0444.